The molecule has 128 valence electrons. The zero-order valence-corrected chi connectivity index (χ0v) is 13.6. The van der Waals surface area contributed by atoms with E-state index in [1.165, 1.54) is 26.4 Å². The Hall–Kier alpha value is -2.49. The van der Waals surface area contributed by atoms with Gasteiger partial charge in [-0.15, -0.1) is 4.98 Å². The van der Waals surface area contributed by atoms with Crippen LogP contribution in [0.2, 0.25) is 0 Å². The maximum Gasteiger partial charge on any atom is 0.322 e. The first-order valence-corrected chi connectivity index (χ1v) is 7.56. The van der Waals surface area contributed by atoms with Crippen LogP contribution < -0.4 is 14.8 Å². The Morgan fingerprint density at radius 1 is 1.17 bits per heavy atom. The molecule has 1 N–H and O–H groups in total. The molecule has 10 heteroatoms. The number of halogens is 2. The van der Waals surface area contributed by atoms with Gasteiger partial charge >= 0.3 is 12.0 Å². The Labute approximate surface area is 140 Å². The van der Waals surface area contributed by atoms with Gasteiger partial charge < -0.3 is 14.8 Å². The molecule has 0 radical (unpaired) electrons. The summed E-state index contributed by atoms with van der Waals surface area (Å²) in [4.78, 5) is 24.2. The number of nitrogens with zero attached hydrogens (tertiary/aromatic N) is 3. The number of rotatable bonds is 7. The average Bonchev–Trinajstić information content (AvgIpc) is 2.59. The van der Waals surface area contributed by atoms with Gasteiger partial charge in [-0.05, 0) is 12.1 Å². The van der Waals surface area contributed by atoms with E-state index in [2.05, 4.69) is 20.3 Å². The van der Waals surface area contributed by atoms with Crippen LogP contribution in [0.25, 0.3) is 0 Å². The topological polar surface area (TPSA) is 86.2 Å². The van der Waals surface area contributed by atoms with Crippen molar-refractivity contribution in [3.05, 3.63) is 35.7 Å². The summed E-state index contributed by atoms with van der Waals surface area (Å²) in [6.45, 7) is -0.0399. The van der Waals surface area contributed by atoms with Crippen LogP contribution in [0, 0.1) is 0 Å². The molecule has 0 spiro atoms. The van der Waals surface area contributed by atoms with Crippen LogP contribution in [-0.4, -0.2) is 40.8 Å². The Kier molecular flexibility index (Phi) is 6.24. The number of amides is 1. The average molecular weight is 356 g/mol. The second kappa shape index (κ2) is 8.39. The molecule has 1 heterocycles. The zero-order chi connectivity index (χ0) is 17.5. The number of methoxy groups -OCH3 is 2. The molecule has 0 atom stereocenters. The van der Waals surface area contributed by atoms with Crippen LogP contribution in [0.1, 0.15) is 16.2 Å². The van der Waals surface area contributed by atoms with Gasteiger partial charge in [-0.1, -0.05) is 23.9 Å². The van der Waals surface area contributed by atoms with E-state index in [-0.39, 0.29) is 34.8 Å². The SMILES string of the molecule is COc1nc(CNC(=O)c2ccccc2SC(F)F)nc(OC)n1. The van der Waals surface area contributed by atoms with E-state index in [1.54, 1.807) is 12.1 Å². The molecule has 0 bridgehead atoms. The minimum Gasteiger partial charge on any atom is -0.467 e. The predicted molar refractivity (Wildman–Crippen MR) is 82.4 cm³/mol. The lowest BCUT2D eigenvalue weighted by Crippen LogP contribution is -2.25. The Morgan fingerprint density at radius 2 is 1.79 bits per heavy atom. The minimum atomic E-state index is -2.61. The van der Waals surface area contributed by atoms with Gasteiger partial charge in [0.1, 0.15) is 0 Å². The third-order valence-electron chi connectivity index (χ3n) is 2.76. The van der Waals surface area contributed by atoms with E-state index in [0.717, 1.165) is 0 Å². The maximum absolute atomic E-state index is 12.6. The fraction of sp³-hybridized carbons (Fsp3) is 0.286. The number of carbonyl (C=O) groups excluding carboxylic acids is 1. The molecule has 1 aromatic heterocycles. The van der Waals surface area contributed by atoms with Crippen molar-refractivity contribution < 1.29 is 23.0 Å². The van der Waals surface area contributed by atoms with Gasteiger partial charge in [0.2, 0.25) is 0 Å². The molecule has 0 aliphatic carbocycles. The number of benzene rings is 1. The van der Waals surface area contributed by atoms with Crippen molar-refractivity contribution in [1.29, 1.82) is 0 Å². The lowest BCUT2D eigenvalue weighted by molar-refractivity contribution is 0.0946. The second-order valence-electron chi connectivity index (χ2n) is 4.28. The number of hydrogen-bond donors (Lipinski definition) is 1. The first kappa shape index (κ1) is 17.9. The fourth-order valence-electron chi connectivity index (χ4n) is 1.75. The standard InChI is InChI=1S/C14H14F2N4O3S/c1-22-13-18-10(19-14(20-13)23-2)7-17-11(21)8-5-3-4-6-9(8)24-12(15)16/h3-6,12H,7H2,1-2H3,(H,17,21). The van der Waals surface area contributed by atoms with Crippen LogP contribution in [0.15, 0.2) is 29.2 Å². The molecule has 0 saturated heterocycles. The largest absolute Gasteiger partial charge is 0.467 e. The Morgan fingerprint density at radius 3 is 2.38 bits per heavy atom. The molecule has 0 unspecified atom stereocenters. The molecule has 0 aliphatic heterocycles. The van der Waals surface area contributed by atoms with Crippen LogP contribution in [0.4, 0.5) is 8.78 Å². The highest BCUT2D eigenvalue weighted by Crippen LogP contribution is 2.28. The highest BCUT2D eigenvalue weighted by molar-refractivity contribution is 7.99. The van der Waals surface area contributed by atoms with Crippen molar-refractivity contribution in [2.75, 3.05) is 14.2 Å². The van der Waals surface area contributed by atoms with Crippen molar-refractivity contribution in [3.63, 3.8) is 0 Å². The van der Waals surface area contributed by atoms with Gasteiger partial charge in [-0.25, -0.2) is 0 Å². The molecular weight excluding hydrogens is 342 g/mol. The molecular formula is C14H14F2N4O3S. The Bertz CT molecular complexity index is 696. The van der Waals surface area contributed by atoms with Crippen molar-refractivity contribution in [2.45, 2.75) is 17.2 Å². The summed E-state index contributed by atoms with van der Waals surface area (Å²) in [7, 11) is 2.77. The monoisotopic (exact) mass is 356 g/mol. The smallest absolute Gasteiger partial charge is 0.322 e. The van der Waals surface area contributed by atoms with E-state index < -0.39 is 11.7 Å². The van der Waals surface area contributed by atoms with Crippen LogP contribution in [-0.2, 0) is 6.54 Å². The van der Waals surface area contributed by atoms with Gasteiger partial charge in [-0.3, -0.25) is 4.79 Å². The maximum atomic E-state index is 12.6. The van der Waals surface area contributed by atoms with E-state index in [0.29, 0.717) is 11.8 Å². The number of alkyl halides is 2. The van der Waals surface area contributed by atoms with Gasteiger partial charge in [0, 0.05) is 4.90 Å². The quantitative estimate of drug-likeness (QED) is 0.761. The molecule has 1 amide bonds. The lowest BCUT2D eigenvalue weighted by Gasteiger charge is -2.09. The van der Waals surface area contributed by atoms with Crippen LogP contribution in [0.3, 0.4) is 0 Å². The molecule has 0 fully saturated rings. The van der Waals surface area contributed by atoms with Crippen molar-refractivity contribution in [3.8, 4) is 12.0 Å². The number of ether oxygens (including phenoxy) is 2. The van der Waals surface area contributed by atoms with Crippen LogP contribution in [0.5, 0.6) is 12.0 Å². The van der Waals surface area contributed by atoms with Gasteiger partial charge in [0.05, 0.1) is 26.3 Å². The summed E-state index contributed by atoms with van der Waals surface area (Å²) in [6, 6.07) is 6.19. The summed E-state index contributed by atoms with van der Waals surface area (Å²) in [6.07, 6.45) is 0. The summed E-state index contributed by atoms with van der Waals surface area (Å²) < 4.78 is 34.9. The third-order valence-corrected chi connectivity index (χ3v) is 3.55. The van der Waals surface area contributed by atoms with Gasteiger partial charge in [-0.2, -0.15) is 18.7 Å². The number of thioether (sulfide) groups is 1. The van der Waals surface area contributed by atoms with E-state index >= 15 is 0 Å². The van der Waals surface area contributed by atoms with E-state index in [4.69, 9.17) is 9.47 Å². The third kappa shape index (κ3) is 4.75. The molecule has 2 rings (SSSR count). The second-order valence-corrected chi connectivity index (χ2v) is 5.31. The van der Waals surface area contributed by atoms with Gasteiger partial charge in [0.25, 0.3) is 11.7 Å². The molecule has 0 saturated carbocycles. The fourth-order valence-corrected chi connectivity index (χ4v) is 2.38. The molecule has 2 aromatic rings. The van der Waals surface area contributed by atoms with E-state index in [9.17, 15) is 13.6 Å². The number of carbonyl (C=O) groups is 1. The lowest BCUT2D eigenvalue weighted by atomic mass is 10.2. The van der Waals surface area contributed by atoms with E-state index in [1.807, 2.05) is 0 Å². The zero-order valence-electron chi connectivity index (χ0n) is 12.8. The minimum absolute atomic E-state index is 0.0399. The first-order valence-electron chi connectivity index (χ1n) is 6.68. The molecule has 24 heavy (non-hydrogen) atoms. The normalized spacial score (nSPS) is 10.5. The molecule has 0 aliphatic rings. The van der Waals surface area contributed by atoms with Crippen LogP contribution >= 0.6 is 11.8 Å². The summed E-state index contributed by atoms with van der Waals surface area (Å²) in [5, 5.41) is 2.57. The number of nitrogens with one attached hydrogen (secondary N) is 1. The van der Waals surface area contributed by atoms with Gasteiger partial charge in [0.15, 0.2) is 5.82 Å². The van der Waals surface area contributed by atoms with Crippen molar-refractivity contribution in [1.82, 2.24) is 20.3 Å². The highest BCUT2D eigenvalue weighted by Gasteiger charge is 2.16. The number of aromatic nitrogens is 3. The van der Waals surface area contributed by atoms with Crippen molar-refractivity contribution in [2.24, 2.45) is 0 Å². The molecule has 7 nitrogen and oxygen atoms in total. The molecule has 1 aromatic carbocycles. The predicted octanol–water partition coefficient (Wildman–Crippen LogP) is 2.13. The number of hydrogen-bond acceptors (Lipinski definition) is 7. The summed E-state index contributed by atoms with van der Waals surface area (Å²) in [5.41, 5.74) is 0.149. The highest BCUT2D eigenvalue weighted by atomic mass is 32.2. The summed E-state index contributed by atoms with van der Waals surface area (Å²) in [5.74, 6) is -2.92. The Balaban J connectivity index is 2.11. The first-order chi connectivity index (χ1) is 11.5. The van der Waals surface area contributed by atoms with Crippen molar-refractivity contribution >= 4 is 17.7 Å². The summed E-state index contributed by atoms with van der Waals surface area (Å²) >= 11 is 0.312.